The SMILES string of the molecule is COP(=O)(c1cncc(/C=C/C#N)c1)c1c(C(N)=O)[nH]c2ccc(Cl)cc12. The number of H-pyrrole nitrogens is 1. The lowest BCUT2D eigenvalue weighted by molar-refractivity contribution is 0.0997. The van der Waals surface area contributed by atoms with E-state index in [1.54, 1.807) is 24.3 Å². The molecule has 1 atom stereocenters. The van der Waals surface area contributed by atoms with Gasteiger partial charge < -0.3 is 15.2 Å². The summed E-state index contributed by atoms with van der Waals surface area (Å²) in [7, 11) is -2.46. The number of carbonyl (C=O) groups excluding carboxylic acids is 1. The van der Waals surface area contributed by atoms with Gasteiger partial charge in [0.05, 0.1) is 16.7 Å². The minimum absolute atomic E-state index is 0.0181. The average Bonchev–Trinajstić information content (AvgIpc) is 3.05. The van der Waals surface area contributed by atoms with Crippen molar-refractivity contribution in [2.45, 2.75) is 0 Å². The van der Waals surface area contributed by atoms with E-state index in [-0.39, 0.29) is 16.3 Å². The molecule has 0 saturated heterocycles. The highest BCUT2D eigenvalue weighted by Crippen LogP contribution is 2.47. The topological polar surface area (TPSA) is 122 Å². The van der Waals surface area contributed by atoms with Gasteiger partial charge in [0.25, 0.3) is 13.3 Å². The van der Waals surface area contributed by atoms with E-state index >= 15 is 0 Å². The highest BCUT2D eigenvalue weighted by atomic mass is 35.5. The molecule has 0 fully saturated rings. The van der Waals surface area contributed by atoms with E-state index in [1.165, 1.54) is 31.7 Å². The predicted octanol–water partition coefficient (Wildman–Crippen LogP) is 2.73. The van der Waals surface area contributed by atoms with Crippen LogP contribution in [0.5, 0.6) is 0 Å². The lowest BCUT2D eigenvalue weighted by Crippen LogP contribution is -2.26. The van der Waals surface area contributed by atoms with Gasteiger partial charge in [0, 0.05) is 41.5 Å². The van der Waals surface area contributed by atoms with Crippen LogP contribution in [0, 0.1) is 11.3 Å². The van der Waals surface area contributed by atoms with Crippen molar-refractivity contribution in [1.29, 1.82) is 5.26 Å². The van der Waals surface area contributed by atoms with Crippen LogP contribution in [0.3, 0.4) is 0 Å². The van der Waals surface area contributed by atoms with E-state index in [2.05, 4.69) is 9.97 Å². The normalized spacial score (nSPS) is 13.5. The first-order valence-electron chi connectivity index (χ1n) is 7.70. The Morgan fingerprint density at radius 1 is 1.41 bits per heavy atom. The number of nitrogens with one attached hydrogen (secondary N) is 1. The van der Waals surface area contributed by atoms with Crippen LogP contribution in [0.1, 0.15) is 16.1 Å². The molecule has 0 aliphatic carbocycles. The fourth-order valence-corrected chi connectivity index (χ4v) is 5.11. The number of rotatable bonds is 5. The average molecular weight is 401 g/mol. The highest BCUT2D eigenvalue weighted by molar-refractivity contribution is 7.75. The molecule has 0 bridgehead atoms. The lowest BCUT2D eigenvalue weighted by Gasteiger charge is -2.17. The Kier molecular flexibility index (Phi) is 5.15. The van der Waals surface area contributed by atoms with Crippen molar-refractivity contribution < 1.29 is 13.9 Å². The Balaban J connectivity index is 2.33. The molecule has 2 heterocycles. The van der Waals surface area contributed by atoms with Crippen molar-refractivity contribution in [3.63, 3.8) is 0 Å². The van der Waals surface area contributed by atoms with Crippen molar-refractivity contribution >= 4 is 52.5 Å². The number of amides is 1. The van der Waals surface area contributed by atoms with Crippen molar-refractivity contribution in [3.05, 3.63) is 59.0 Å². The first kappa shape index (κ1) is 18.9. The monoisotopic (exact) mass is 400 g/mol. The van der Waals surface area contributed by atoms with Crippen LogP contribution in [0.15, 0.2) is 42.7 Å². The van der Waals surface area contributed by atoms with Gasteiger partial charge in [-0.3, -0.25) is 14.3 Å². The maximum Gasteiger partial charge on any atom is 0.266 e. The minimum Gasteiger partial charge on any atom is -0.364 e. The summed E-state index contributed by atoms with van der Waals surface area (Å²) in [6, 6.07) is 8.36. The van der Waals surface area contributed by atoms with Crippen LogP contribution in [0.2, 0.25) is 5.02 Å². The molecule has 136 valence electrons. The summed E-state index contributed by atoms with van der Waals surface area (Å²) in [5.41, 5.74) is 6.59. The molecule has 1 unspecified atom stereocenters. The Hall–Kier alpha value is -2.91. The second-order valence-corrected chi connectivity index (χ2v) is 8.44. The van der Waals surface area contributed by atoms with E-state index in [4.69, 9.17) is 27.1 Å². The van der Waals surface area contributed by atoms with Gasteiger partial charge in [0.15, 0.2) is 0 Å². The third-order valence-corrected chi connectivity index (χ3v) is 6.69. The summed E-state index contributed by atoms with van der Waals surface area (Å²) in [6.07, 6.45) is 5.71. The maximum absolute atomic E-state index is 13.9. The third kappa shape index (κ3) is 3.38. The van der Waals surface area contributed by atoms with E-state index in [9.17, 15) is 9.36 Å². The number of nitriles is 1. The standard InChI is InChI=1S/C18H14ClN4O3P/c1-26-27(25,13-7-11(3-2-6-20)9-22-10-13)17-14-8-12(19)4-5-15(14)23-16(17)18(21)24/h2-5,7-10,23H,1H3,(H2,21,24)/b3-2+. The Morgan fingerprint density at radius 3 is 2.85 bits per heavy atom. The van der Waals surface area contributed by atoms with Crippen molar-refractivity contribution in [1.82, 2.24) is 9.97 Å². The van der Waals surface area contributed by atoms with Crippen LogP contribution in [0.25, 0.3) is 17.0 Å². The fraction of sp³-hybridized carbons (Fsp3) is 0.0556. The number of fused-ring (bicyclic) bond motifs is 1. The molecule has 0 aliphatic heterocycles. The molecule has 0 saturated carbocycles. The van der Waals surface area contributed by atoms with Gasteiger partial charge in [-0.25, -0.2) is 0 Å². The first-order valence-corrected chi connectivity index (χ1v) is 9.70. The van der Waals surface area contributed by atoms with Crippen LogP contribution in [0.4, 0.5) is 0 Å². The third-order valence-electron chi connectivity index (χ3n) is 3.97. The summed E-state index contributed by atoms with van der Waals surface area (Å²) < 4.78 is 19.3. The van der Waals surface area contributed by atoms with Gasteiger partial charge in [-0.15, -0.1) is 0 Å². The molecule has 9 heteroatoms. The van der Waals surface area contributed by atoms with Crippen molar-refractivity contribution in [2.24, 2.45) is 5.73 Å². The molecule has 27 heavy (non-hydrogen) atoms. The van der Waals surface area contributed by atoms with Crippen LogP contribution in [-0.2, 0) is 9.09 Å². The van der Waals surface area contributed by atoms with E-state index in [0.29, 0.717) is 21.5 Å². The Labute approximate surface area is 159 Å². The molecule has 1 aromatic carbocycles. The summed E-state index contributed by atoms with van der Waals surface area (Å²) >= 11 is 6.09. The number of carbonyl (C=O) groups is 1. The van der Waals surface area contributed by atoms with E-state index in [0.717, 1.165) is 0 Å². The molecule has 0 spiro atoms. The molecule has 3 N–H and O–H groups in total. The summed E-state index contributed by atoms with van der Waals surface area (Å²) in [5, 5.41) is 9.96. The lowest BCUT2D eigenvalue weighted by atomic mass is 10.2. The number of nitrogens with two attached hydrogens (primary N) is 1. The van der Waals surface area contributed by atoms with Gasteiger partial charge in [0.1, 0.15) is 5.69 Å². The van der Waals surface area contributed by atoms with Crippen molar-refractivity contribution in [3.8, 4) is 6.07 Å². The first-order chi connectivity index (χ1) is 12.9. The summed E-state index contributed by atoms with van der Waals surface area (Å²) in [5.74, 6) is -0.775. The summed E-state index contributed by atoms with van der Waals surface area (Å²) in [4.78, 5) is 19.0. The van der Waals surface area contributed by atoms with Gasteiger partial charge in [0.2, 0.25) is 0 Å². The second kappa shape index (κ2) is 7.37. The number of hydrogen-bond donors (Lipinski definition) is 2. The smallest absolute Gasteiger partial charge is 0.266 e. The zero-order valence-electron chi connectivity index (χ0n) is 14.1. The number of allylic oxidation sites excluding steroid dienone is 1. The van der Waals surface area contributed by atoms with E-state index in [1.807, 2.05) is 6.07 Å². The molecule has 3 rings (SSSR count). The minimum atomic E-state index is -3.74. The number of halogens is 1. The van der Waals surface area contributed by atoms with Crippen LogP contribution < -0.4 is 16.3 Å². The van der Waals surface area contributed by atoms with Crippen LogP contribution >= 0.6 is 19.0 Å². The molecular formula is C18H14ClN4O3P. The highest BCUT2D eigenvalue weighted by Gasteiger charge is 2.35. The number of nitrogens with zero attached hydrogens (tertiary/aromatic N) is 2. The van der Waals surface area contributed by atoms with Crippen LogP contribution in [-0.4, -0.2) is 23.0 Å². The quantitative estimate of drug-likeness (QED) is 0.503. The zero-order valence-corrected chi connectivity index (χ0v) is 15.8. The second-order valence-electron chi connectivity index (χ2n) is 5.58. The molecule has 2 aromatic heterocycles. The molecular weight excluding hydrogens is 387 g/mol. The maximum atomic E-state index is 13.9. The zero-order chi connectivity index (χ0) is 19.6. The number of pyridine rings is 1. The number of benzene rings is 1. The number of primary amides is 1. The van der Waals surface area contributed by atoms with E-state index < -0.39 is 13.3 Å². The van der Waals surface area contributed by atoms with Gasteiger partial charge in [-0.05, 0) is 35.9 Å². The van der Waals surface area contributed by atoms with Gasteiger partial charge >= 0.3 is 0 Å². The molecule has 3 aromatic rings. The number of aromatic nitrogens is 2. The Bertz CT molecular complexity index is 1160. The molecule has 7 nitrogen and oxygen atoms in total. The van der Waals surface area contributed by atoms with Crippen molar-refractivity contribution in [2.75, 3.05) is 7.11 Å². The number of hydrogen-bond acceptors (Lipinski definition) is 5. The largest absolute Gasteiger partial charge is 0.364 e. The summed E-state index contributed by atoms with van der Waals surface area (Å²) in [6.45, 7) is 0. The fourth-order valence-electron chi connectivity index (χ4n) is 2.79. The Morgan fingerprint density at radius 2 is 2.19 bits per heavy atom. The number of aromatic amines is 1. The predicted molar refractivity (Wildman–Crippen MR) is 105 cm³/mol. The van der Waals surface area contributed by atoms with Gasteiger partial charge in [-0.2, -0.15) is 5.26 Å². The molecule has 1 amide bonds. The molecule has 0 aliphatic rings. The molecule has 0 radical (unpaired) electrons. The van der Waals surface area contributed by atoms with Gasteiger partial charge in [-0.1, -0.05) is 11.6 Å².